The van der Waals surface area contributed by atoms with Crippen LogP contribution in [0.2, 0.25) is 0 Å². The predicted octanol–water partition coefficient (Wildman–Crippen LogP) is 2.81. The number of nitrogens with one attached hydrogen (secondary N) is 1. The highest BCUT2D eigenvalue weighted by molar-refractivity contribution is 5.81. The zero-order valence-electron chi connectivity index (χ0n) is 14.7. The smallest absolute Gasteiger partial charge is 0.239 e. The monoisotopic (exact) mass is 338 g/mol. The van der Waals surface area contributed by atoms with Crippen molar-refractivity contribution in [1.82, 2.24) is 10.2 Å². The Morgan fingerprint density at radius 1 is 1.04 bits per heavy atom. The van der Waals surface area contributed by atoms with E-state index in [0.29, 0.717) is 26.3 Å². The van der Waals surface area contributed by atoms with Crippen LogP contribution in [0.25, 0.3) is 0 Å². The average Bonchev–Trinajstić information content (AvgIpc) is 2.69. The fourth-order valence-electron chi connectivity index (χ4n) is 3.24. The molecule has 1 saturated heterocycles. The van der Waals surface area contributed by atoms with E-state index in [2.05, 4.69) is 41.7 Å². The fraction of sp³-hybridized carbons (Fsp3) is 0.381. The van der Waals surface area contributed by atoms with Crippen LogP contribution in [0.4, 0.5) is 0 Å². The number of carbonyl (C=O) groups is 1. The van der Waals surface area contributed by atoms with Gasteiger partial charge in [-0.2, -0.15) is 0 Å². The van der Waals surface area contributed by atoms with Gasteiger partial charge in [0.05, 0.1) is 19.3 Å². The van der Waals surface area contributed by atoms with Crippen molar-refractivity contribution in [3.05, 3.63) is 71.8 Å². The molecule has 0 radical (unpaired) electrons. The molecule has 0 aliphatic carbocycles. The second-order valence-corrected chi connectivity index (χ2v) is 6.48. The Labute approximate surface area is 149 Å². The number of rotatable bonds is 6. The zero-order valence-corrected chi connectivity index (χ0v) is 14.7. The first kappa shape index (κ1) is 17.6. The molecule has 0 bridgehead atoms. The van der Waals surface area contributed by atoms with Gasteiger partial charge in [-0.15, -0.1) is 0 Å². The molecule has 2 atom stereocenters. The molecular formula is C21H26N2O2. The van der Waals surface area contributed by atoms with E-state index < -0.39 is 0 Å². The van der Waals surface area contributed by atoms with Crippen LogP contribution in [0.5, 0.6) is 0 Å². The van der Waals surface area contributed by atoms with Crippen LogP contribution in [-0.2, 0) is 16.0 Å². The molecule has 2 unspecified atom stereocenters. The molecule has 25 heavy (non-hydrogen) atoms. The lowest BCUT2D eigenvalue weighted by Crippen LogP contribution is -2.50. The maximum absolute atomic E-state index is 12.7. The van der Waals surface area contributed by atoms with Crippen molar-refractivity contribution in [2.45, 2.75) is 25.4 Å². The number of ether oxygens (including phenoxy) is 1. The molecule has 3 rings (SSSR count). The van der Waals surface area contributed by atoms with Gasteiger partial charge in [-0.1, -0.05) is 60.7 Å². The summed E-state index contributed by atoms with van der Waals surface area (Å²) in [5.74, 6) is 0.150. The highest BCUT2D eigenvalue weighted by Gasteiger charge is 2.25. The van der Waals surface area contributed by atoms with Gasteiger partial charge >= 0.3 is 0 Å². The minimum atomic E-state index is -0.230. The summed E-state index contributed by atoms with van der Waals surface area (Å²) in [5, 5.41) is 3.55. The van der Waals surface area contributed by atoms with Crippen LogP contribution in [0.3, 0.4) is 0 Å². The lowest BCUT2D eigenvalue weighted by Gasteiger charge is -2.31. The lowest BCUT2D eigenvalue weighted by atomic mass is 9.98. The number of hydrogen-bond acceptors (Lipinski definition) is 3. The average molecular weight is 338 g/mol. The summed E-state index contributed by atoms with van der Waals surface area (Å²) in [6.07, 6.45) is 0.853. The van der Waals surface area contributed by atoms with Gasteiger partial charge in [-0.25, -0.2) is 0 Å². The third-order valence-corrected chi connectivity index (χ3v) is 4.63. The van der Waals surface area contributed by atoms with Gasteiger partial charge in [0.15, 0.2) is 0 Å². The first-order valence-corrected chi connectivity index (χ1v) is 8.95. The molecule has 0 aromatic heterocycles. The van der Waals surface area contributed by atoms with Crippen LogP contribution in [0, 0.1) is 0 Å². The number of amides is 1. The normalized spacial score (nSPS) is 17.1. The molecule has 0 spiro atoms. The first-order valence-electron chi connectivity index (χ1n) is 8.95. The third-order valence-electron chi connectivity index (χ3n) is 4.63. The van der Waals surface area contributed by atoms with Gasteiger partial charge in [-0.05, 0) is 24.5 Å². The standard InChI is InChI=1S/C21H26N2O2/c1-17(21(24)23-12-14-25-15-13-23)22-20(19-10-6-3-7-11-19)16-18-8-4-2-5-9-18/h2-11,17,20,22H,12-16H2,1H3. The van der Waals surface area contributed by atoms with Crippen molar-refractivity contribution in [3.63, 3.8) is 0 Å². The number of carbonyl (C=O) groups excluding carboxylic acids is 1. The van der Waals surface area contributed by atoms with Crippen molar-refractivity contribution >= 4 is 5.91 Å². The summed E-state index contributed by atoms with van der Waals surface area (Å²) in [5.41, 5.74) is 2.46. The van der Waals surface area contributed by atoms with Gasteiger partial charge in [0.1, 0.15) is 0 Å². The topological polar surface area (TPSA) is 41.6 Å². The third kappa shape index (κ3) is 4.91. The molecule has 4 heteroatoms. The second kappa shape index (κ2) is 8.79. The van der Waals surface area contributed by atoms with E-state index in [4.69, 9.17) is 4.74 Å². The van der Waals surface area contributed by atoms with Gasteiger partial charge in [0.2, 0.25) is 5.91 Å². The second-order valence-electron chi connectivity index (χ2n) is 6.48. The zero-order chi connectivity index (χ0) is 17.5. The highest BCUT2D eigenvalue weighted by atomic mass is 16.5. The number of benzene rings is 2. The van der Waals surface area contributed by atoms with Crippen LogP contribution in [0.15, 0.2) is 60.7 Å². The molecule has 2 aromatic rings. The van der Waals surface area contributed by atoms with Crippen LogP contribution >= 0.6 is 0 Å². The Morgan fingerprint density at radius 2 is 1.64 bits per heavy atom. The summed E-state index contributed by atoms with van der Waals surface area (Å²) in [4.78, 5) is 14.6. The molecular weight excluding hydrogens is 312 g/mol. The summed E-state index contributed by atoms with van der Waals surface area (Å²) in [6, 6.07) is 20.6. The predicted molar refractivity (Wildman–Crippen MR) is 99.3 cm³/mol. The van der Waals surface area contributed by atoms with Crippen LogP contribution < -0.4 is 5.32 Å². The minimum absolute atomic E-state index is 0.101. The van der Waals surface area contributed by atoms with E-state index in [1.54, 1.807) is 0 Å². The Bertz CT molecular complexity index is 654. The lowest BCUT2D eigenvalue weighted by molar-refractivity contribution is -0.137. The largest absolute Gasteiger partial charge is 0.378 e. The summed E-state index contributed by atoms with van der Waals surface area (Å²) in [6.45, 7) is 4.58. The summed E-state index contributed by atoms with van der Waals surface area (Å²) < 4.78 is 5.34. The van der Waals surface area contributed by atoms with Crippen molar-refractivity contribution in [2.24, 2.45) is 0 Å². The van der Waals surface area contributed by atoms with Crippen molar-refractivity contribution < 1.29 is 9.53 Å². The van der Waals surface area contributed by atoms with Gasteiger partial charge in [-0.3, -0.25) is 10.1 Å². The molecule has 1 aliphatic heterocycles. The van der Waals surface area contributed by atoms with Gasteiger partial charge in [0.25, 0.3) is 0 Å². The van der Waals surface area contributed by atoms with Gasteiger partial charge < -0.3 is 9.64 Å². The SMILES string of the molecule is CC(NC(Cc1ccccc1)c1ccccc1)C(=O)N1CCOCC1. The molecule has 4 nitrogen and oxygen atoms in total. The maximum atomic E-state index is 12.7. The summed E-state index contributed by atoms with van der Waals surface area (Å²) in [7, 11) is 0. The van der Waals surface area contributed by atoms with Crippen molar-refractivity contribution in [2.75, 3.05) is 26.3 Å². The number of nitrogens with zero attached hydrogens (tertiary/aromatic N) is 1. The fourth-order valence-corrected chi connectivity index (χ4v) is 3.24. The highest BCUT2D eigenvalue weighted by Crippen LogP contribution is 2.19. The van der Waals surface area contributed by atoms with E-state index in [1.165, 1.54) is 11.1 Å². The molecule has 1 aliphatic rings. The molecule has 1 amide bonds. The summed E-state index contributed by atoms with van der Waals surface area (Å²) >= 11 is 0. The van der Waals surface area contributed by atoms with E-state index in [0.717, 1.165) is 6.42 Å². The van der Waals surface area contributed by atoms with Crippen LogP contribution in [-0.4, -0.2) is 43.2 Å². The van der Waals surface area contributed by atoms with Gasteiger partial charge in [0, 0.05) is 19.1 Å². The molecule has 1 heterocycles. The van der Waals surface area contributed by atoms with E-state index >= 15 is 0 Å². The molecule has 1 N–H and O–H groups in total. The number of hydrogen-bond donors (Lipinski definition) is 1. The first-order chi connectivity index (χ1) is 12.2. The molecule has 132 valence electrons. The van der Waals surface area contributed by atoms with E-state index in [-0.39, 0.29) is 18.0 Å². The van der Waals surface area contributed by atoms with E-state index in [1.807, 2.05) is 36.1 Å². The Morgan fingerprint density at radius 3 is 2.28 bits per heavy atom. The maximum Gasteiger partial charge on any atom is 0.239 e. The van der Waals surface area contributed by atoms with E-state index in [9.17, 15) is 4.79 Å². The quantitative estimate of drug-likeness (QED) is 0.881. The number of morpholine rings is 1. The molecule has 1 fully saturated rings. The van der Waals surface area contributed by atoms with Crippen LogP contribution in [0.1, 0.15) is 24.1 Å². The van der Waals surface area contributed by atoms with Crippen molar-refractivity contribution in [3.8, 4) is 0 Å². The molecule has 0 saturated carbocycles. The Balaban J connectivity index is 1.71. The Hall–Kier alpha value is -2.17. The Kier molecular flexibility index (Phi) is 6.20. The minimum Gasteiger partial charge on any atom is -0.378 e. The molecule has 2 aromatic carbocycles. The van der Waals surface area contributed by atoms with Crippen molar-refractivity contribution in [1.29, 1.82) is 0 Å².